The Bertz CT molecular complexity index is 208. The predicted molar refractivity (Wildman–Crippen MR) is 53.6 cm³/mol. The third-order valence-corrected chi connectivity index (χ3v) is 3.05. The molecule has 0 fully saturated rings. The largest absolute Gasteiger partial charge is 0.480 e. The van der Waals surface area contributed by atoms with Gasteiger partial charge in [-0.3, -0.25) is 4.79 Å². The lowest BCUT2D eigenvalue weighted by atomic mass is 10.2. The summed E-state index contributed by atoms with van der Waals surface area (Å²) in [5.74, 6) is 0.0267. The van der Waals surface area contributed by atoms with E-state index in [4.69, 9.17) is 10.4 Å². The molecule has 0 rings (SSSR count). The summed E-state index contributed by atoms with van der Waals surface area (Å²) in [6.45, 7) is 3.40. The second-order valence-electron chi connectivity index (χ2n) is 3.28. The van der Waals surface area contributed by atoms with E-state index >= 15 is 0 Å². The first kappa shape index (κ1) is 12.3. The monoisotopic (exact) mass is 201 g/mol. The summed E-state index contributed by atoms with van der Waals surface area (Å²) in [5, 5.41) is 17.0. The number of carboxylic acid groups (broad SMARTS) is 1. The van der Waals surface area contributed by atoms with Gasteiger partial charge < -0.3 is 5.11 Å². The summed E-state index contributed by atoms with van der Waals surface area (Å²) in [6.07, 6.45) is 2.34. The van der Waals surface area contributed by atoms with E-state index in [-0.39, 0.29) is 0 Å². The maximum Gasteiger partial charge on any atom is 0.319 e. The van der Waals surface area contributed by atoms with Gasteiger partial charge in [-0.05, 0) is 32.4 Å². The van der Waals surface area contributed by atoms with Gasteiger partial charge in [-0.25, -0.2) is 0 Å². The number of rotatable bonds is 6. The van der Waals surface area contributed by atoms with Crippen LogP contribution in [-0.2, 0) is 4.79 Å². The smallest absolute Gasteiger partial charge is 0.319 e. The number of hydrogen-bond donors (Lipinski definition) is 1. The zero-order chi connectivity index (χ0) is 10.3. The molecule has 0 aromatic carbocycles. The maximum absolute atomic E-state index is 10.7. The van der Waals surface area contributed by atoms with Crippen LogP contribution in [0.5, 0.6) is 0 Å². The van der Waals surface area contributed by atoms with Gasteiger partial charge in [0.15, 0.2) is 0 Å². The van der Waals surface area contributed by atoms with Crippen LogP contribution in [0.3, 0.4) is 0 Å². The Kier molecular flexibility index (Phi) is 5.56. The van der Waals surface area contributed by atoms with E-state index in [1.807, 2.05) is 0 Å². The highest BCUT2D eigenvalue weighted by molar-refractivity contribution is 8.01. The van der Waals surface area contributed by atoms with Crippen molar-refractivity contribution in [2.75, 3.05) is 5.75 Å². The van der Waals surface area contributed by atoms with Gasteiger partial charge in [-0.2, -0.15) is 5.26 Å². The Balaban J connectivity index is 3.53. The van der Waals surface area contributed by atoms with Crippen molar-refractivity contribution in [3.63, 3.8) is 0 Å². The minimum Gasteiger partial charge on any atom is -0.480 e. The molecule has 0 spiro atoms. The van der Waals surface area contributed by atoms with Crippen LogP contribution in [0.1, 0.15) is 33.1 Å². The number of thioether (sulfide) groups is 1. The molecule has 0 aliphatic rings. The minimum absolute atomic E-state index is 0.564. The molecular formula is C9H15NO2S. The number of nitrogens with zero attached hydrogens (tertiary/aromatic N) is 1. The summed E-state index contributed by atoms with van der Waals surface area (Å²) in [4.78, 5) is 10.7. The lowest BCUT2D eigenvalue weighted by molar-refractivity contribution is -0.138. The Morgan fingerprint density at radius 2 is 2.15 bits per heavy atom. The van der Waals surface area contributed by atoms with Crippen LogP contribution < -0.4 is 0 Å². The first-order valence-corrected chi connectivity index (χ1v) is 5.23. The molecule has 0 heterocycles. The number of unbranched alkanes of at least 4 members (excludes halogenated alkanes) is 2. The van der Waals surface area contributed by atoms with Gasteiger partial charge in [-0.15, -0.1) is 11.8 Å². The molecule has 0 aliphatic carbocycles. The van der Waals surface area contributed by atoms with Crippen LogP contribution in [0.4, 0.5) is 0 Å². The van der Waals surface area contributed by atoms with Crippen LogP contribution in [-0.4, -0.2) is 21.6 Å². The molecule has 0 saturated heterocycles. The first-order chi connectivity index (χ1) is 6.00. The van der Waals surface area contributed by atoms with Gasteiger partial charge in [0.1, 0.15) is 4.75 Å². The van der Waals surface area contributed by atoms with E-state index in [0.717, 1.165) is 18.6 Å². The summed E-state index contributed by atoms with van der Waals surface area (Å²) in [7, 11) is 0. The van der Waals surface area contributed by atoms with Crippen molar-refractivity contribution in [1.82, 2.24) is 0 Å². The van der Waals surface area contributed by atoms with Crippen LogP contribution in [0.25, 0.3) is 0 Å². The maximum atomic E-state index is 10.7. The van der Waals surface area contributed by atoms with Gasteiger partial charge in [0.2, 0.25) is 0 Å². The van der Waals surface area contributed by atoms with Crippen molar-refractivity contribution < 1.29 is 9.90 Å². The van der Waals surface area contributed by atoms with Gasteiger partial charge in [0, 0.05) is 6.42 Å². The van der Waals surface area contributed by atoms with E-state index in [9.17, 15) is 4.79 Å². The minimum atomic E-state index is -0.780. The molecule has 4 heteroatoms. The SMILES string of the molecule is CC(C)(SCCCCC#N)C(=O)O. The van der Waals surface area contributed by atoms with E-state index < -0.39 is 10.7 Å². The zero-order valence-corrected chi connectivity index (χ0v) is 8.86. The van der Waals surface area contributed by atoms with Crippen molar-refractivity contribution in [2.24, 2.45) is 0 Å². The summed E-state index contributed by atoms with van der Waals surface area (Å²) in [6, 6.07) is 2.06. The average molecular weight is 201 g/mol. The molecule has 0 bridgehead atoms. The van der Waals surface area contributed by atoms with E-state index in [2.05, 4.69) is 6.07 Å². The molecule has 0 radical (unpaired) electrons. The Hall–Kier alpha value is -0.690. The van der Waals surface area contributed by atoms with Gasteiger partial charge >= 0.3 is 5.97 Å². The molecule has 0 unspecified atom stereocenters. The molecule has 3 nitrogen and oxygen atoms in total. The van der Waals surface area contributed by atoms with Crippen LogP contribution in [0.15, 0.2) is 0 Å². The Morgan fingerprint density at radius 1 is 1.54 bits per heavy atom. The third-order valence-electron chi connectivity index (χ3n) is 1.66. The Morgan fingerprint density at radius 3 is 2.62 bits per heavy atom. The molecule has 13 heavy (non-hydrogen) atoms. The summed E-state index contributed by atoms with van der Waals surface area (Å²) >= 11 is 1.43. The Labute approximate surface area is 83.1 Å². The number of carbonyl (C=O) groups is 1. The number of hydrogen-bond acceptors (Lipinski definition) is 3. The second-order valence-corrected chi connectivity index (χ2v) is 5.00. The number of nitriles is 1. The molecule has 0 amide bonds. The average Bonchev–Trinajstić information content (AvgIpc) is 2.03. The fourth-order valence-electron chi connectivity index (χ4n) is 0.695. The second kappa shape index (κ2) is 5.87. The standard InChI is InChI=1S/C9H15NO2S/c1-9(2,8(11)12)13-7-5-3-4-6-10/h3-5,7H2,1-2H3,(H,11,12). The van der Waals surface area contributed by atoms with Crippen molar-refractivity contribution in [3.05, 3.63) is 0 Å². The molecule has 0 saturated carbocycles. The van der Waals surface area contributed by atoms with E-state index in [1.54, 1.807) is 13.8 Å². The van der Waals surface area contributed by atoms with Gasteiger partial charge in [-0.1, -0.05) is 0 Å². The highest BCUT2D eigenvalue weighted by Crippen LogP contribution is 2.25. The molecule has 0 aromatic rings. The van der Waals surface area contributed by atoms with Gasteiger partial charge in [0.25, 0.3) is 0 Å². The summed E-state index contributed by atoms with van der Waals surface area (Å²) in [5.41, 5.74) is 0. The van der Waals surface area contributed by atoms with Crippen LogP contribution in [0, 0.1) is 11.3 Å². The summed E-state index contributed by atoms with van der Waals surface area (Å²) < 4.78 is -0.702. The van der Waals surface area contributed by atoms with Crippen molar-refractivity contribution in [1.29, 1.82) is 5.26 Å². The number of aliphatic carboxylic acids is 1. The molecule has 74 valence electrons. The normalized spacial score (nSPS) is 10.8. The van der Waals surface area contributed by atoms with E-state index in [1.165, 1.54) is 11.8 Å². The van der Waals surface area contributed by atoms with Crippen LogP contribution in [0.2, 0.25) is 0 Å². The highest BCUT2D eigenvalue weighted by Gasteiger charge is 2.26. The van der Waals surface area contributed by atoms with E-state index in [0.29, 0.717) is 6.42 Å². The van der Waals surface area contributed by atoms with Crippen molar-refractivity contribution >= 4 is 17.7 Å². The molecule has 0 aromatic heterocycles. The predicted octanol–water partition coefficient (Wildman–Crippen LogP) is 2.28. The highest BCUT2D eigenvalue weighted by atomic mass is 32.2. The van der Waals surface area contributed by atoms with Crippen molar-refractivity contribution in [2.45, 2.75) is 37.9 Å². The lowest BCUT2D eigenvalue weighted by Gasteiger charge is -2.17. The molecule has 0 aliphatic heterocycles. The molecular weight excluding hydrogens is 186 g/mol. The van der Waals surface area contributed by atoms with Crippen molar-refractivity contribution in [3.8, 4) is 6.07 Å². The lowest BCUT2D eigenvalue weighted by Crippen LogP contribution is -2.27. The van der Waals surface area contributed by atoms with Crippen LogP contribution >= 0.6 is 11.8 Å². The molecule has 1 N–H and O–H groups in total. The fourth-order valence-corrected chi connectivity index (χ4v) is 1.68. The molecule has 0 atom stereocenters. The topological polar surface area (TPSA) is 61.1 Å². The quantitative estimate of drug-likeness (QED) is 0.670. The van der Waals surface area contributed by atoms with Gasteiger partial charge in [0.05, 0.1) is 6.07 Å². The third kappa shape index (κ3) is 5.53. The fraction of sp³-hybridized carbons (Fsp3) is 0.778. The zero-order valence-electron chi connectivity index (χ0n) is 8.04. The first-order valence-electron chi connectivity index (χ1n) is 4.25. The number of carboxylic acids is 1.